The van der Waals surface area contributed by atoms with Gasteiger partial charge in [-0.2, -0.15) is 0 Å². The second-order valence-electron chi connectivity index (χ2n) is 4.50. The van der Waals surface area contributed by atoms with Crippen LogP contribution in [0, 0.1) is 5.41 Å². The number of nitrogens with zero attached hydrogens (tertiary/aromatic N) is 2. The summed E-state index contributed by atoms with van der Waals surface area (Å²) < 4.78 is 0. The average molecular weight is 227 g/mol. The highest BCUT2D eigenvalue weighted by Crippen LogP contribution is 2.47. The number of nitrogens with two attached hydrogens (primary N) is 1. The zero-order valence-electron chi connectivity index (χ0n) is 10.1. The fourth-order valence-corrected chi connectivity index (χ4v) is 1.87. The molecule has 0 atom stereocenters. The molecule has 0 aromatic rings. The molecule has 0 spiro atoms. The normalized spacial score (nSPS) is 18.2. The van der Waals surface area contributed by atoms with Crippen LogP contribution in [0.15, 0.2) is 5.16 Å². The summed E-state index contributed by atoms with van der Waals surface area (Å²) in [5.74, 6) is 0.0405. The Morgan fingerprint density at radius 2 is 2.12 bits per heavy atom. The van der Waals surface area contributed by atoms with Gasteiger partial charge in [-0.05, 0) is 19.3 Å². The van der Waals surface area contributed by atoms with Crippen molar-refractivity contribution >= 4 is 11.7 Å². The standard InChI is InChI=1S/C11H21N3O2/c1-3-4-5-8-14(2)10(15)11(6-7-11)9(12)13-16/h16H,3-8H2,1-2H3,(H2,12,13). The first-order valence-electron chi connectivity index (χ1n) is 5.82. The maximum absolute atomic E-state index is 12.1. The van der Waals surface area contributed by atoms with Crippen LogP contribution in [0.2, 0.25) is 0 Å². The SMILES string of the molecule is CCCCCN(C)C(=O)C1(C(N)=NO)CC1. The smallest absolute Gasteiger partial charge is 0.236 e. The predicted octanol–water partition coefficient (Wildman–Crippen LogP) is 1.16. The van der Waals surface area contributed by atoms with Crippen LogP contribution in [-0.2, 0) is 4.79 Å². The zero-order chi connectivity index (χ0) is 12.2. The van der Waals surface area contributed by atoms with Crippen molar-refractivity contribution in [3.05, 3.63) is 0 Å². The lowest BCUT2D eigenvalue weighted by Crippen LogP contribution is -2.42. The van der Waals surface area contributed by atoms with E-state index in [1.165, 1.54) is 0 Å². The van der Waals surface area contributed by atoms with Crippen LogP contribution in [0.1, 0.15) is 39.0 Å². The van der Waals surface area contributed by atoms with E-state index in [4.69, 9.17) is 10.9 Å². The summed E-state index contributed by atoms with van der Waals surface area (Å²) >= 11 is 0. The Morgan fingerprint density at radius 1 is 1.50 bits per heavy atom. The van der Waals surface area contributed by atoms with Crippen LogP contribution < -0.4 is 5.73 Å². The Balaban J connectivity index is 2.51. The van der Waals surface area contributed by atoms with Crippen molar-refractivity contribution in [2.75, 3.05) is 13.6 Å². The van der Waals surface area contributed by atoms with E-state index in [0.29, 0.717) is 12.8 Å². The van der Waals surface area contributed by atoms with Gasteiger partial charge in [-0.3, -0.25) is 4.79 Å². The van der Waals surface area contributed by atoms with Crippen molar-refractivity contribution in [2.45, 2.75) is 39.0 Å². The van der Waals surface area contributed by atoms with Crippen molar-refractivity contribution in [1.29, 1.82) is 0 Å². The molecule has 1 aliphatic rings. The Kier molecular flexibility index (Phi) is 4.15. The maximum Gasteiger partial charge on any atom is 0.236 e. The van der Waals surface area contributed by atoms with Gasteiger partial charge in [0.15, 0.2) is 5.84 Å². The fraction of sp³-hybridized carbons (Fsp3) is 0.818. The van der Waals surface area contributed by atoms with E-state index >= 15 is 0 Å². The van der Waals surface area contributed by atoms with Gasteiger partial charge in [-0.15, -0.1) is 0 Å². The van der Waals surface area contributed by atoms with Crippen molar-refractivity contribution in [3.8, 4) is 0 Å². The Hall–Kier alpha value is -1.26. The lowest BCUT2D eigenvalue weighted by molar-refractivity contribution is -0.133. The molecule has 0 saturated heterocycles. The van der Waals surface area contributed by atoms with Crippen LogP contribution >= 0.6 is 0 Å². The number of amidine groups is 1. The summed E-state index contributed by atoms with van der Waals surface area (Å²) in [6.07, 6.45) is 4.65. The second-order valence-corrected chi connectivity index (χ2v) is 4.50. The molecule has 0 heterocycles. The van der Waals surface area contributed by atoms with Crippen molar-refractivity contribution in [1.82, 2.24) is 4.90 Å². The first-order valence-corrected chi connectivity index (χ1v) is 5.82. The van der Waals surface area contributed by atoms with E-state index in [-0.39, 0.29) is 11.7 Å². The minimum Gasteiger partial charge on any atom is -0.409 e. The number of carbonyl (C=O) groups is 1. The third-order valence-electron chi connectivity index (χ3n) is 3.20. The molecule has 0 aromatic heterocycles. The molecule has 1 saturated carbocycles. The van der Waals surface area contributed by atoms with E-state index in [1.54, 1.807) is 11.9 Å². The lowest BCUT2D eigenvalue weighted by Gasteiger charge is -2.22. The summed E-state index contributed by atoms with van der Waals surface area (Å²) in [5, 5.41) is 11.6. The number of amides is 1. The van der Waals surface area contributed by atoms with Crippen molar-refractivity contribution < 1.29 is 10.0 Å². The van der Waals surface area contributed by atoms with Gasteiger partial charge in [0.2, 0.25) is 5.91 Å². The molecule has 0 bridgehead atoms. The van der Waals surface area contributed by atoms with Crippen molar-refractivity contribution in [2.24, 2.45) is 16.3 Å². The molecule has 1 fully saturated rings. The van der Waals surface area contributed by atoms with Crippen LogP contribution in [0.4, 0.5) is 0 Å². The number of rotatable bonds is 6. The molecule has 5 heteroatoms. The molecule has 1 amide bonds. The Morgan fingerprint density at radius 3 is 2.56 bits per heavy atom. The van der Waals surface area contributed by atoms with E-state index < -0.39 is 5.41 Å². The molecular formula is C11H21N3O2. The highest BCUT2D eigenvalue weighted by Gasteiger charge is 2.55. The molecular weight excluding hydrogens is 206 g/mol. The molecule has 1 rings (SSSR count). The van der Waals surface area contributed by atoms with Crippen LogP contribution in [0.5, 0.6) is 0 Å². The third kappa shape index (κ3) is 2.46. The van der Waals surface area contributed by atoms with Gasteiger partial charge in [0, 0.05) is 13.6 Å². The summed E-state index contributed by atoms with van der Waals surface area (Å²) in [6, 6.07) is 0. The number of hydrogen-bond acceptors (Lipinski definition) is 3. The molecule has 3 N–H and O–H groups in total. The number of unbranched alkanes of at least 4 members (excludes halogenated alkanes) is 2. The molecule has 5 nitrogen and oxygen atoms in total. The monoisotopic (exact) mass is 227 g/mol. The quantitative estimate of drug-likeness (QED) is 0.235. The van der Waals surface area contributed by atoms with Gasteiger partial charge in [-0.1, -0.05) is 24.9 Å². The highest BCUT2D eigenvalue weighted by molar-refractivity contribution is 6.09. The molecule has 0 radical (unpaired) electrons. The van der Waals surface area contributed by atoms with Gasteiger partial charge >= 0.3 is 0 Å². The molecule has 0 unspecified atom stereocenters. The Bertz CT molecular complexity index is 285. The van der Waals surface area contributed by atoms with Gasteiger partial charge in [0.05, 0.1) is 0 Å². The number of carbonyl (C=O) groups excluding carboxylic acids is 1. The first-order chi connectivity index (χ1) is 7.58. The minimum absolute atomic E-state index is 0.0149. The van der Waals surface area contributed by atoms with Gasteiger partial charge in [0.1, 0.15) is 5.41 Å². The summed E-state index contributed by atoms with van der Waals surface area (Å²) in [4.78, 5) is 13.8. The topological polar surface area (TPSA) is 78.9 Å². The van der Waals surface area contributed by atoms with Crippen molar-refractivity contribution in [3.63, 3.8) is 0 Å². The first kappa shape index (κ1) is 12.8. The molecule has 92 valence electrons. The minimum atomic E-state index is -0.699. The molecule has 16 heavy (non-hydrogen) atoms. The van der Waals surface area contributed by atoms with E-state index in [2.05, 4.69) is 12.1 Å². The maximum atomic E-state index is 12.1. The fourth-order valence-electron chi connectivity index (χ4n) is 1.87. The number of oxime groups is 1. The number of hydrogen-bond donors (Lipinski definition) is 2. The van der Waals surface area contributed by atoms with E-state index in [0.717, 1.165) is 25.8 Å². The van der Waals surface area contributed by atoms with Gasteiger partial charge in [0.25, 0.3) is 0 Å². The average Bonchev–Trinajstić information content (AvgIpc) is 3.08. The Labute approximate surface area is 96.3 Å². The van der Waals surface area contributed by atoms with Crippen LogP contribution in [0.3, 0.4) is 0 Å². The van der Waals surface area contributed by atoms with Gasteiger partial charge < -0.3 is 15.8 Å². The third-order valence-corrected chi connectivity index (χ3v) is 3.20. The molecule has 0 aliphatic heterocycles. The van der Waals surface area contributed by atoms with Gasteiger partial charge in [-0.25, -0.2) is 0 Å². The summed E-state index contributed by atoms with van der Waals surface area (Å²) in [7, 11) is 1.78. The van der Waals surface area contributed by atoms with Crippen LogP contribution in [0.25, 0.3) is 0 Å². The highest BCUT2D eigenvalue weighted by atomic mass is 16.4. The van der Waals surface area contributed by atoms with E-state index in [1.807, 2.05) is 0 Å². The predicted molar refractivity (Wildman–Crippen MR) is 62.2 cm³/mol. The van der Waals surface area contributed by atoms with Crippen LogP contribution in [-0.4, -0.2) is 35.4 Å². The molecule has 1 aliphatic carbocycles. The lowest BCUT2D eigenvalue weighted by atomic mass is 10.0. The second kappa shape index (κ2) is 5.18. The molecule has 0 aromatic carbocycles. The van der Waals surface area contributed by atoms with E-state index in [9.17, 15) is 4.79 Å². The summed E-state index contributed by atoms with van der Waals surface area (Å²) in [5.41, 5.74) is 4.86. The zero-order valence-corrected chi connectivity index (χ0v) is 10.1. The largest absolute Gasteiger partial charge is 0.409 e. The summed E-state index contributed by atoms with van der Waals surface area (Å²) in [6.45, 7) is 2.87.